The number of aromatic nitrogens is 1. The summed E-state index contributed by atoms with van der Waals surface area (Å²) in [5.74, 6) is 0. The molecule has 2 heteroatoms. The average Bonchev–Trinajstić information content (AvgIpc) is 2.05. The monoisotopic (exact) mass is 164 g/mol. The highest BCUT2D eigenvalue weighted by atomic mass is 14.8. The van der Waals surface area contributed by atoms with Gasteiger partial charge in [-0.3, -0.25) is 4.98 Å². The van der Waals surface area contributed by atoms with Crippen molar-refractivity contribution in [2.24, 2.45) is 0 Å². The van der Waals surface area contributed by atoms with Crippen LogP contribution in [0.1, 0.15) is 17.7 Å². The zero-order valence-electron chi connectivity index (χ0n) is 7.80. The summed E-state index contributed by atoms with van der Waals surface area (Å²) >= 11 is 0. The number of aryl methyl sites for hydroxylation is 2. The normalized spacial score (nSPS) is 10.2. The van der Waals surface area contributed by atoms with E-state index in [4.69, 9.17) is 0 Å². The third kappa shape index (κ3) is 3.01. The molecule has 1 aromatic rings. The van der Waals surface area contributed by atoms with Gasteiger partial charge in [0.2, 0.25) is 0 Å². The summed E-state index contributed by atoms with van der Waals surface area (Å²) in [4.78, 5) is 4.15. The Labute approximate surface area is 74.0 Å². The first kappa shape index (κ1) is 9.20. The first-order valence-corrected chi connectivity index (χ1v) is 4.39. The van der Waals surface area contributed by atoms with E-state index in [-0.39, 0.29) is 0 Å². The quantitative estimate of drug-likeness (QED) is 0.683. The Balaban J connectivity index is 2.41. The van der Waals surface area contributed by atoms with Crippen LogP contribution in [0.15, 0.2) is 18.3 Å². The fourth-order valence-electron chi connectivity index (χ4n) is 1.23. The molecule has 0 aliphatic carbocycles. The molecule has 0 aliphatic heterocycles. The van der Waals surface area contributed by atoms with Crippen LogP contribution in [0.2, 0.25) is 0 Å². The molecule has 1 N–H and O–H groups in total. The zero-order valence-corrected chi connectivity index (χ0v) is 7.80. The van der Waals surface area contributed by atoms with Crippen molar-refractivity contribution in [3.05, 3.63) is 29.6 Å². The van der Waals surface area contributed by atoms with Gasteiger partial charge in [0.15, 0.2) is 0 Å². The third-order valence-corrected chi connectivity index (χ3v) is 1.85. The highest BCUT2D eigenvalue weighted by Crippen LogP contribution is 2.03. The topological polar surface area (TPSA) is 24.9 Å². The van der Waals surface area contributed by atoms with Crippen molar-refractivity contribution < 1.29 is 0 Å². The maximum Gasteiger partial charge on any atom is 0.0375 e. The molecular weight excluding hydrogens is 148 g/mol. The maximum absolute atomic E-state index is 4.15. The van der Waals surface area contributed by atoms with Crippen LogP contribution in [0, 0.1) is 6.92 Å². The summed E-state index contributed by atoms with van der Waals surface area (Å²) in [5, 5.41) is 3.14. The molecular formula is C10H16N2. The molecule has 0 radical (unpaired) electrons. The van der Waals surface area contributed by atoms with Crippen molar-refractivity contribution in [1.29, 1.82) is 0 Å². The summed E-state index contributed by atoms with van der Waals surface area (Å²) in [5.41, 5.74) is 2.50. The highest BCUT2D eigenvalue weighted by Gasteiger charge is 1.92. The molecule has 0 saturated carbocycles. The number of hydrogen-bond acceptors (Lipinski definition) is 2. The smallest absolute Gasteiger partial charge is 0.0375 e. The van der Waals surface area contributed by atoms with Gasteiger partial charge >= 0.3 is 0 Å². The van der Waals surface area contributed by atoms with Crippen LogP contribution in [0.5, 0.6) is 0 Å². The predicted octanol–water partition coefficient (Wildman–Crippen LogP) is 1.54. The minimum atomic E-state index is 1.08. The van der Waals surface area contributed by atoms with Gasteiger partial charge in [0, 0.05) is 11.9 Å². The number of nitrogens with one attached hydrogen (secondary N) is 1. The molecule has 1 rings (SSSR count). The zero-order chi connectivity index (χ0) is 8.81. The second-order valence-electron chi connectivity index (χ2n) is 3.01. The lowest BCUT2D eigenvalue weighted by Crippen LogP contribution is -2.08. The van der Waals surface area contributed by atoms with Gasteiger partial charge in [-0.2, -0.15) is 0 Å². The highest BCUT2D eigenvalue weighted by molar-refractivity contribution is 5.15. The average molecular weight is 164 g/mol. The third-order valence-electron chi connectivity index (χ3n) is 1.85. The molecule has 0 amide bonds. The minimum Gasteiger partial charge on any atom is -0.320 e. The van der Waals surface area contributed by atoms with Crippen LogP contribution in [0.4, 0.5) is 0 Å². The van der Waals surface area contributed by atoms with E-state index in [1.165, 1.54) is 12.0 Å². The SMILES string of the molecule is CNCCCc1ccnc(C)c1. The molecule has 0 saturated heterocycles. The van der Waals surface area contributed by atoms with Gasteiger partial charge < -0.3 is 5.32 Å². The molecule has 12 heavy (non-hydrogen) atoms. The lowest BCUT2D eigenvalue weighted by Gasteiger charge is -2.01. The van der Waals surface area contributed by atoms with Gasteiger partial charge in [0.05, 0.1) is 0 Å². The Hall–Kier alpha value is -0.890. The minimum absolute atomic E-state index is 1.08. The summed E-state index contributed by atoms with van der Waals surface area (Å²) in [6.07, 6.45) is 4.22. The Morgan fingerprint density at radius 2 is 2.33 bits per heavy atom. The van der Waals surface area contributed by atoms with E-state index in [2.05, 4.69) is 22.4 Å². The molecule has 1 aromatic heterocycles. The Kier molecular flexibility index (Phi) is 3.74. The molecule has 0 bridgehead atoms. The van der Waals surface area contributed by atoms with Crippen LogP contribution >= 0.6 is 0 Å². The maximum atomic E-state index is 4.15. The van der Waals surface area contributed by atoms with Gasteiger partial charge in [-0.05, 0) is 51.1 Å². The summed E-state index contributed by atoms with van der Waals surface area (Å²) < 4.78 is 0. The molecule has 0 fully saturated rings. The van der Waals surface area contributed by atoms with Gasteiger partial charge in [-0.25, -0.2) is 0 Å². The predicted molar refractivity (Wildman–Crippen MR) is 51.2 cm³/mol. The van der Waals surface area contributed by atoms with Gasteiger partial charge in [0.1, 0.15) is 0 Å². The van der Waals surface area contributed by atoms with E-state index >= 15 is 0 Å². The molecule has 66 valence electrons. The fourth-order valence-corrected chi connectivity index (χ4v) is 1.23. The van der Waals surface area contributed by atoms with Crippen molar-refractivity contribution in [2.45, 2.75) is 19.8 Å². The number of rotatable bonds is 4. The molecule has 2 nitrogen and oxygen atoms in total. The Morgan fingerprint density at radius 3 is 3.00 bits per heavy atom. The molecule has 0 spiro atoms. The molecule has 0 atom stereocenters. The molecule has 0 aromatic carbocycles. The lowest BCUT2D eigenvalue weighted by atomic mass is 10.1. The second-order valence-corrected chi connectivity index (χ2v) is 3.01. The van der Waals surface area contributed by atoms with E-state index < -0.39 is 0 Å². The fraction of sp³-hybridized carbons (Fsp3) is 0.500. The number of hydrogen-bond donors (Lipinski definition) is 1. The van der Waals surface area contributed by atoms with Crippen LogP contribution in [-0.4, -0.2) is 18.6 Å². The number of pyridine rings is 1. The standard InChI is InChI=1S/C10H16N2/c1-9-8-10(5-7-12-9)4-3-6-11-2/h5,7-8,11H,3-4,6H2,1-2H3. The van der Waals surface area contributed by atoms with E-state index in [1.54, 1.807) is 0 Å². The molecule has 0 aliphatic rings. The first-order chi connectivity index (χ1) is 5.83. The van der Waals surface area contributed by atoms with Crippen LogP contribution in [-0.2, 0) is 6.42 Å². The van der Waals surface area contributed by atoms with E-state index in [9.17, 15) is 0 Å². The summed E-state index contributed by atoms with van der Waals surface area (Å²) in [7, 11) is 1.98. The van der Waals surface area contributed by atoms with E-state index in [0.29, 0.717) is 0 Å². The first-order valence-electron chi connectivity index (χ1n) is 4.39. The Morgan fingerprint density at radius 1 is 1.50 bits per heavy atom. The van der Waals surface area contributed by atoms with Crippen LogP contribution < -0.4 is 5.32 Å². The van der Waals surface area contributed by atoms with Gasteiger partial charge in [0.25, 0.3) is 0 Å². The van der Waals surface area contributed by atoms with Crippen molar-refractivity contribution in [1.82, 2.24) is 10.3 Å². The van der Waals surface area contributed by atoms with E-state index in [1.807, 2.05) is 20.2 Å². The summed E-state index contributed by atoms with van der Waals surface area (Å²) in [6, 6.07) is 4.23. The van der Waals surface area contributed by atoms with E-state index in [0.717, 1.165) is 18.7 Å². The summed E-state index contributed by atoms with van der Waals surface area (Å²) in [6.45, 7) is 3.11. The van der Waals surface area contributed by atoms with Crippen LogP contribution in [0.3, 0.4) is 0 Å². The lowest BCUT2D eigenvalue weighted by molar-refractivity contribution is 0.724. The van der Waals surface area contributed by atoms with Crippen LogP contribution in [0.25, 0.3) is 0 Å². The largest absolute Gasteiger partial charge is 0.320 e. The van der Waals surface area contributed by atoms with Crippen molar-refractivity contribution in [2.75, 3.05) is 13.6 Å². The van der Waals surface area contributed by atoms with Crippen molar-refractivity contribution >= 4 is 0 Å². The van der Waals surface area contributed by atoms with Gasteiger partial charge in [-0.15, -0.1) is 0 Å². The van der Waals surface area contributed by atoms with Crippen molar-refractivity contribution in [3.63, 3.8) is 0 Å². The van der Waals surface area contributed by atoms with Crippen molar-refractivity contribution in [3.8, 4) is 0 Å². The molecule has 1 heterocycles. The Bertz CT molecular complexity index is 233. The number of nitrogens with zero attached hydrogens (tertiary/aromatic N) is 1. The van der Waals surface area contributed by atoms with Gasteiger partial charge in [-0.1, -0.05) is 0 Å². The molecule has 0 unspecified atom stereocenters. The second kappa shape index (κ2) is 4.88.